The quantitative estimate of drug-likeness (QED) is 0.397. The molecule has 68 valence electrons. The molecule has 2 bridgehead atoms. The van der Waals surface area contributed by atoms with E-state index in [9.17, 15) is 9.59 Å². The Bertz CT molecular complexity index is 304. The van der Waals surface area contributed by atoms with Crippen molar-refractivity contribution >= 4 is 11.8 Å². The number of carbonyl (C=O) groups is 2. The van der Waals surface area contributed by atoms with Gasteiger partial charge in [0.15, 0.2) is 0 Å². The first-order chi connectivity index (χ1) is 6.20. The molecule has 0 radical (unpaired) electrons. The van der Waals surface area contributed by atoms with Crippen molar-refractivity contribution < 1.29 is 9.59 Å². The fourth-order valence-electron chi connectivity index (χ4n) is 3.05. The van der Waals surface area contributed by atoms with Crippen molar-refractivity contribution in [3.8, 4) is 0 Å². The number of likely N-dealkylation sites (tertiary alicyclic amines) is 1. The van der Waals surface area contributed by atoms with Crippen LogP contribution in [0.15, 0.2) is 12.2 Å². The molecule has 1 aliphatic heterocycles. The van der Waals surface area contributed by atoms with Crippen LogP contribution in [0, 0.1) is 23.7 Å². The first-order valence-corrected chi connectivity index (χ1v) is 4.70. The molecule has 1 saturated carbocycles. The molecule has 3 nitrogen and oxygen atoms in total. The van der Waals surface area contributed by atoms with Crippen LogP contribution in [-0.2, 0) is 9.59 Å². The lowest BCUT2D eigenvalue weighted by atomic mass is 9.85. The molecular formula is C10H11NO2. The summed E-state index contributed by atoms with van der Waals surface area (Å²) in [5.74, 6) is 0.714. The molecule has 2 aliphatic carbocycles. The number of rotatable bonds is 0. The second-order valence-electron chi connectivity index (χ2n) is 4.24. The maximum atomic E-state index is 11.7. The second kappa shape index (κ2) is 2.03. The van der Waals surface area contributed by atoms with Gasteiger partial charge in [-0.15, -0.1) is 0 Å². The summed E-state index contributed by atoms with van der Waals surface area (Å²) in [4.78, 5) is 24.6. The molecule has 1 saturated heterocycles. The van der Waals surface area contributed by atoms with Crippen LogP contribution < -0.4 is 0 Å². The topological polar surface area (TPSA) is 37.4 Å². The normalized spacial score (nSPS) is 46.4. The molecule has 1 heterocycles. The van der Waals surface area contributed by atoms with Crippen molar-refractivity contribution in [1.82, 2.24) is 4.90 Å². The molecule has 0 spiro atoms. The highest BCUT2D eigenvalue weighted by molar-refractivity contribution is 6.06. The summed E-state index contributed by atoms with van der Waals surface area (Å²) in [6.07, 6.45) is 5.23. The van der Waals surface area contributed by atoms with Crippen LogP contribution in [0.5, 0.6) is 0 Å². The average molecular weight is 177 g/mol. The molecule has 0 aromatic rings. The minimum Gasteiger partial charge on any atom is -0.285 e. The van der Waals surface area contributed by atoms with E-state index >= 15 is 0 Å². The summed E-state index contributed by atoms with van der Waals surface area (Å²) in [5.41, 5.74) is 0. The second-order valence-corrected chi connectivity index (χ2v) is 4.24. The van der Waals surface area contributed by atoms with E-state index in [2.05, 4.69) is 12.2 Å². The third kappa shape index (κ3) is 0.666. The Morgan fingerprint density at radius 2 is 1.62 bits per heavy atom. The maximum Gasteiger partial charge on any atom is 0.233 e. The number of hydrogen-bond acceptors (Lipinski definition) is 2. The smallest absolute Gasteiger partial charge is 0.233 e. The van der Waals surface area contributed by atoms with Crippen molar-refractivity contribution in [2.45, 2.75) is 6.42 Å². The monoisotopic (exact) mass is 177 g/mol. The van der Waals surface area contributed by atoms with Gasteiger partial charge in [-0.2, -0.15) is 0 Å². The van der Waals surface area contributed by atoms with E-state index in [1.165, 1.54) is 4.90 Å². The highest BCUT2D eigenvalue weighted by atomic mass is 16.2. The minimum absolute atomic E-state index is 0.0208. The van der Waals surface area contributed by atoms with E-state index < -0.39 is 0 Å². The Hall–Kier alpha value is -1.12. The molecule has 2 fully saturated rings. The summed E-state index contributed by atoms with van der Waals surface area (Å²) < 4.78 is 0. The van der Waals surface area contributed by atoms with E-state index in [0.29, 0.717) is 11.8 Å². The van der Waals surface area contributed by atoms with Gasteiger partial charge in [-0.3, -0.25) is 14.5 Å². The highest BCUT2D eigenvalue weighted by Crippen LogP contribution is 2.52. The zero-order valence-electron chi connectivity index (χ0n) is 7.43. The lowest BCUT2D eigenvalue weighted by Gasteiger charge is -2.14. The van der Waals surface area contributed by atoms with Gasteiger partial charge in [0.05, 0.1) is 11.8 Å². The zero-order chi connectivity index (χ0) is 9.16. The van der Waals surface area contributed by atoms with Gasteiger partial charge in [-0.05, 0) is 18.3 Å². The largest absolute Gasteiger partial charge is 0.285 e. The first-order valence-electron chi connectivity index (χ1n) is 4.70. The Labute approximate surface area is 76.4 Å². The van der Waals surface area contributed by atoms with Crippen molar-refractivity contribution in [2.75, 3.05) is 7.05 Å². The Morgan fingerprint density at radius 3 is 2.08 bits per heavy atom. The maximum absolute atomic E-state index is 11.7. The van der Waals surface area contributed by atoms with Gasteiger partial charge >= 0.3 is 0 Å². The number of nitrogens with zero attached hydrogens (tertiary/aromatic N) is 1. The van der Waals surface area contributed by atoms with Gasteiger partial charge in [0, 0.05) is 7.05 Å². The predicted octanol–water partition coefficient (Wildman–Crippen LogP) is 0.423. The summed E-state index contributed by atoms with van der Waals surface area (Å²) >= 11 is 0. The minimum atomic E-state index is -0.0208. The van der Waals surface area contributed by atoms with Crippen molar-refractivity contribution in [2.24, 2.45) is 23.7 Å². The van der Waals surface area contributed by atoms with Crippen LogP contribution in [-0.4, -0.2) is 23.8 Å². The van der Waals surface area contributed by atoms with Crippen LogP contribution in [0.25, 0.3) is 0 Å². The third-order valence-corrected chi connectivity index (χ3v) is 3.69. The molecule has 0 aromatic carbocycles. The molecular weight excluding hydrogens is 166 g/mol. The van der Waals surface area contributed by atoms with E-state index in [1.54, 1.807) is 7.05 Å². The van der Waals surface area contributed by atoms with Crippen molar-refractivity contribution in [1.29, 1.82) is 0 Å². The predicted molar refractivity (Wildman–Crippen MR) is 45.5 cm³/mol. The number of imide groups is 1. The highest BCUT2D eigenvalue weighted by Gasteiger charge is 2.58. The number of fused-ring (bicyclic) bond motifs is 5. The SMILES string of the molecule is CN1C(=O)[C@@H]2[C@@H](C1=O)[C@H]1C=C[C@@H]2C1. The molecule has 0 N–H and O–H groups in total. The van der Waals surface area contributed by atoms with Crippen molar-refractivity contribution in [3.63, 3.8) is 0 Å². The van der Waals surface area contributed by atoms with Gasteiger partial charge in [0.2, 0.25) is 11.8 Å². The van der Waals surface area contributed by atoms with Gasteiger partial charge in [0.1, 0.15) is 0 Å². The van der Waals surface area contributed by atoms with E-state index in [-0.39, 0.29) is 23.7 Å². The zero-order valence-corrected chi connectivity index (χ0v) is 7.43. The molecule has 4 atom stereocenters. The summed E-state index contributed by atoms with van der Waals surface area (Å²) in [6.45, 7) is 0. The fourth-order valence-corrected chi connectivity index (χ4v) is 3.05. The van der Waals surface area contributed by atoms with E-state index in [1.807, 2.05) is 0 Å². The lowest BCUT2D eigenvalue weighted by molar-refractivity contribution is -0.138. The standard InChI is InChI=1S/C10H11NO2/c1-11-9(12)7-5-2-3-6(4-5)8(7)10(11)13/h2-3,5-8H,4H2,1H3/t5-,6+,7-,8-/m0/s1. The third-order valence-electron chi connectivity index (χ3n) is 3.69. The van der Waals surface area contributed by atoms with Gasteiger partial charge in [-0.25, -0.2) is 0 Å². The molecule has 3 heteroatoms. The Balaban J connectivity index is 2.08. The van der Waals surface area contributed by atoms with Gasteiger partial charge in [0.25, 0.3) is 0 Å². The Morgan fingerprint density at radius 1 is 1.15 bits per heavy atom. The Kier molecular flexibility index (Phi) is 1.14. The van der Waals surface area contributed by atoms with E-state index in [0.717, 1.165) is 6.42 Å². The van der Waals surface area contributed by atoms with Gasteiger partial charge in [-0.1, -0.05) is 12.2 Å². The molecule has 0 aromatic heterocycles. The average Bonchev–Trinajstić information content (AvgIpc) is 2.76. The molecule has 13 heavy (non-hydrogen) atoms. The summed E-state index contributed by atoms with van der Waals surface area (Å²) in [5, 5.41) is 0. The number of allylic oxidation sites excluding steroid dienone is 2. The molecule has 3 aliphatic rings. The van der Waals surface area contributed by atoms with Crippen LogP contribution in [0.4, 0.5) is 0 Å². The number of amides is 2. The molecule has 0 unspecified atom stereocenters. The summed E-state index contributed by atoms with van der Waals surface area (Å²) in [6, 6.07) is 0. The van der Waals surface area contributed by atoms with Crippen LogP contribution >= 0.6 is 0 Å². The number of hydrogen-bond donors (Lipinski definition) is 0. The summed E-state index contributed by atoms with van der Waals surface area (Å²) in [7, 11) is 1.60. The fraction of sp³-hybridized carbons (Fsp3) is 0.600. The lowest BCUT2D eigenvalue weighted by Crippen LogP contribution is -2.28. The van der Waals surface area contributed by atoms with E-state index in [4.69, 9.17) is 0 Å². The van der Waals surface area contributed by atoms with Crippen LogP contribution in [0.3, 0.4) is 0 Å². The van der Waals surface area contributed by atoms with Crippen LogP contribution in [0.2, 0.25) is 0 Å². The van der Waals surface area contributed by atoms with Crippen molar-refractivity contribution in [3.05, 3.63) is 12.2 Å². The van der Waals surface area contributed by atoms with Crippen LogP contribution in [0.1, 0.15) is 6.42 Å². The molecule has 2 amide bonds. The van der Waals surface area contributed by atoms with Gasteiger partial charge < -0.3 is 0 Å². The first kappa shape index (κ1) is 7.30. The molecule has 3 rings (SSSR count). The number of carbonyl (C=O) groups excluding carboxylic acids is 2.